The molecule has 78 valence electrons. The van der Waals surface area contributed by atoms with Crippen LogP contribution in [0.3, 0.4) is 0 Å². The van der Waals surface area contributed by atoms with Crippen LogP contribution in [-0.2, 0) is 0 Å². The van der Waals surface area contributed by atoms with Gasteiger partial charge in [0.15, 0.2) is 0 Å². The lowest BCUT2D eigenvalue weighted by Crippen LogP contribution is -2.10. The van der Waals surface area contributed by atoms with Crippen LogP contribution in [0.1, 0.15) is 28.5 Å². The Hall–Kier alpha value is -1.54. The Morgan fingerprint density at radius 3 is 2.27 bits per heavy atom. The van der Waals surface area contributed by atoms with E-state index >= 15 is 0 Å². The number of hydrogen-bond acceptors (Lipinski definition) is 2. The van der Waals surface area contributed by atoms with E-state index in [4.69, 9.17) is 10.2 Å². The van der Waals surface area contributed by atoms with Gasteiger partial charge in [-0.2, -0.15) is 0 Å². The highest BCUT2D eigenvalue weighted by Gasteiger charge is 2.10. The number of benzene rings is 1. The molecule has 0 saturated carbocycles. The summed E-state index contributed by atoms with van der Waals surface area (Å²) < 4.78 is 5.25. The zero-order valence-electron chi connectivity index (χ0n) is 9.03. The molecule has 0 aliphatic rings. The van der Waals surface area contributed by atoms with Crippen molar-refractivity contribution in [2.24, 2.45) is 5.73 Å². The summed E-state index contributed by atoms with van der Waals surface area (Å²) in [7, 11) is 0. The van der Waals surface area contributed by atoms with Gasteiger partial charge in [0.05, 0.1) is 12.3 Å². The molecule has 0 bridgehead atoms. The van der Waals surface area contributed by atoms with Gasteiger partial charge in [-0.15, -0.1) is 0 Å². The first-order valence-corrected chi connectivity index (χ1v) is 5.04. The molecule has 2 aromatic rings. The quantitative estimate of drug-likeness (QED) is 0.811. The summed E-state index contributed by atoms with van der Waals surface area (Å²) in [5.74, 6) is 0.896. The number of aryl methyl sites for hydroxylation is 2. The van der Waals surface area contributed by atoms with Crippen LogP contribution in [0.2, 0.25) is 0 Å². The Bertz CT molecular complexity index is 442. The summed E-state index contributed by atoms with van der Waals surface area (Å²) >= 11 is 0. The zero-order valence-corrected chi connectivity index (χ0v) is 9.03. The number of hydrogen-bond donors (Lipinski definition) is 1. The predicted molar refractivity (Wildman–Crippen MR) is 60.7 cm³/mol. The molecule has 1 unspecified atom stereocenters. The minimum Gasteiger partial charge on any atom is -0.469 e. The van der Waals surface area contributed by atoms with Gasteiger partial charge in [-0.3, -0.25) is 0 Å². The van der Waals surface area contributed by atoms with Crippen LogP contribution in [0.15, 0.2) is 41.0 Å². The minimum atomic E-state index is -0.0944. The fourth-order valence-electron chi connectivity index (χ4n) is 1.59. The van der Waals surface area contributed by atoms with Gasteiger partial charge in [-0.1, -0.05) is 29.8 Å². The molecule has 0 amide bonds. The third-order valence-corrected chi connectivity index (χ3v) is 2.55. The Balaban J connectivity index is 2.28. The lowest BCUT2D eigenvalue weighted by Gasteiger charge is -2.09. The predicted octanol–water partition coefficient (Wildman–Crippen LogP) is 2.94. The zero-order chi connectivity index (χ0) is 10.8. The van der Waals surface area contributed by atoms with Crippen LogP contribution < -0.4 is 5.73 Å². The maximum Gasteiger partial charge on any atom is 0.101 e. The lowest BCUT2D eigenvalue weighted by molar-refractivity contribution is 0.530. The highest BCUT2D eigenvalue weighted by Crippen LogP contribution is 2.21. The Morgan fingerprint density at radius 2 is 1.73 bits per heavy atom. The highest BCUT2D eigenvalue weighted by atomic mass is 16.3. The average molecular weight is 201 g/mol. The van der Waals surface area contributed by atoms with Crippen molar-refractivity contribution in [2.45, 2.75) is 19.9 Å². The molecule has 1 heterocycles. The normalized spacial score (nSPS) is 12.7. The van der Waals surface area contributed by atoms with Crippen molar-refractivity contribution in [3.8, 4) is 0 Å². The molecule has 2 rings (SSSR count). The molecule has 2 nitrogen and oxygen atoms in total. The van der Waals surface area contributed by atoms with E-state index in [1.165, 1.54) is 5.56 Å². The fourth-order valence-corrected chi connectivity index (χ4v) is 1.59. The van der Waals surface area contributed by atoms with Crippen molar-refractivity contribution < 1.29 is 4.42 Å². The number of rotatable bonds is 2. The second-order valence-electron chi connectivity index (χ2n) is 3.88. The molecule has 2 heteroatoms. The van der Waals surface area contributed by atoms with Crippen LogP contribution in [0.4, 0.5) is 0 Å². The first-order chi connectivity index (χ1) is 7.16. The van der Waals surface area contributed by atoms with Crippen LogP contribution in [-0.4, -0.2) is 0 Å². The van der Waals surface area contributed by atoms with Gasteiger partial charge in [0.2, 0.25) is 0 Å². The highest BCUT2D eigenvalue weighted by molar-refractivity contribution is 5.31. The van der Waals surface area contributed by atoms with Crippen LogP contribution in [0, 0.1) is 13.8 Å². The van der Waals surface area contributed by atoms with Gasteiger partial charge < -0.3 is 10.2 Å². The summed E-state index contributed by atoms with van der Waals surface area (Å²) in [5, 5.41) is 0. The van der Waals surface area contributed by atoms with Crippen molar-refractivity contribution in [1.29, 1.82) is 0 Å². The average Bonchev–Trinajstić information content (AvgIpc) is 2.65. The Kier molecular flexibility index (Phi) is 2.60. The second-order valence-corrected chi connectivity index (χ2v) is 3.88. The van der Waals surface area contributed by atoms with E-state index in [1.807, 2.05) is 13.0 Å². The van der Waals surface area contributed by atoms with Crippen molar-refractivity contribution in [3.63, 3.8) is 0 Å². The Labute approximate surface area is 89.7 Å². The smallest absolute Gasteiger partial charge is 0.101 e. The molecule has 0 radical (unpaired) electrons. The van der Waals surface area contributed by atoms with Crippen LogP contribution in [0.5, 0.6) is 0 Å². The summed E-state index contributed by atoms with van der Waals surface area (Å²) in [6.45, 7) is 3.99. The van der Waals surface area contributed by atoms with Gasteiger partial charge in [-0.05, 0) is 25.5 Å². The van der Waals surface area contributed by atoms with Gasteiger partial charge >= 0.3 is 0 Å². The molecule has 0 spiro atoms. The maximum atomic E-state index is 6.12. The van der Waals surface area contributed by atoms with Crippen molar-refractivity contribution >= 4 is 0 Å². The van der Waals surface area contributed by atoms with Crippen molar-refractivity contribution in [2.75, 3.05) is 0 Å². The van der Waals surface area contributed by atoms with E-state index in [1.54, 1.807) is 6.26 Å². The van der Waals surface area contributed by atoms with Crippen molar-refractivity contribution in [1.82, 2.24) is 0 Å². The Morgan fingerprint density at radius 1 is 1.07 bits per heavy atom. The fraction of sp³-hybridized carbons (Fsp3) is 0.231. The standard InChI is InChI=1S/C13H15NO/c1-9-3-5-11(6-4-9)13(14)12-7-10(2)15-8-12/h3-8,13H,14H2,1-2H3. The monoisotopic (exact) mass is 201 g/mol. The van der Waals surface area contributed by atoms with E-state index in [0.29, 0.717) is 0 Å². The molecule has 0 saturated heterocycles. The summed E-state index contributed by atoms with van der Waals surface area (Å²) in [6, 6.07) is 10.1. The molecule has 1 aromatic carbocycles. The second kappa shape index (κ2) is 3.91. The third kappa shape index (κ3) is 2.10. The van der Waals surface area contributed by atoms with E-state index in [9.17, 15) is 0 Å². The lowest BCUT2D eigenvalue weighted by atomic mass is 10.0. The van der Waals surface area contributed by atoms with Crippen molar-refractivity contribution in [3.05, 3.63) is 59.0 Å². The molecule has 0 aliphatic heterocycles. The number of furan rings is 1. The summed E-state index contributed by atoms with van der Waals surface area (Å²) in [5.41, 5.74) is 9.50. The molecule has 0 fully saturated rings. The van der Waals surface area contributed by atoms with Gasteiger partial charge in [-0.25, -0.2) is 0 Å². The largest absolute Gasteiger partial charge is 0.469 e. The maximum absolute atomic E-state index is 6.12. The number of nitrogens with two attached hydrogens (primary N) is 1. The molecular formula is C13H15NO. The molecular weight excluding hydrogens is 186 g/mol. The van der Waals surface area contributed by atoms with Crippen LogP contribution in [0.25, 0.3) is 0 Å². The van der Waals surface area contributed by atoms with E-state index < -0.39 is 0 Å². The molecule has 2 N–H and O–H groups in total. The van der Waals surface area contributed by atoms with Gasteiger partial charge in [0, 0.05) is 5.56 Å². The van der Waals surface area contributed by atoms with E-state index in [-0.39, 0.29) is 6.04 Å². The molecule has 0 aliphatic carbocycles. The molecule has 1 atom stereocenters. The molecule has 1 aromatic heterocycles. The SMILES string of the molecule is Cc1ccc(C(N)c2coc(C)c2)cc1. The molecule has 15 heavy (non-hydrogen) atoms. The summed E-state index contributed by atoms with van der Waals surface area (Å²) in [6.07, 6.45) is 1.72. The van der Waals surface area contributed by atoms with Gasteiger partial charge in [0.25, 0.3) is 0 Å². The van der Waals surface area contributed by atoms with E-state index in [2.05, 4.69) is 31.2 Å². The van der Waals surface area contributed by atoms with E-state index in [0.717, 1.165) is 16.9 Å². The third-order valence-electron chi connectivity index (χ3n) is 2.55. The summed E-state index contributed by atoms with van der Waals surface area (Å²) in [4.78, 5) is 0. The minimum absolute atomic E-state index is 0.0944. The first kappa shape index (κ1) is 9.99. The topological polar surface area (TPSA) is 39.2 Å². The van der Waals surface area contributed by atoms with Gasteiger partial charge in [0.1, 0.15) is 5.76 Å². The first-order valence-electron chi connectivity index (χ1n) is 5.04. The van der Waals surface area contributed by atoms with Crippen LogP contribution >= 0.6 is 0 Å².